The topological polar surface area (TPSA) is 72.5 Å². The smallest absolute Gasteiger partial charge is 0.323 e. The van der Waals surface area contributed by atoms with E-state index in [1.807, 2.05) is 5.38 Å². The Morgan fingerprint density at radius 1 is 1.82 bits per heavy atom. The summed E-state index contributed by atoms with van der Waals surface area (Å²) in [5, 5.41) is 3.60. The van der Waals surface area contributed by atoms with E-state index >= 15 is 0 Å². The van der Waals surface area contributed by atoms with Crippen molar-refractivity contribution in [3.8, 4) is 0 Å². The predicted octanol–water partition coefficient (Wildman–Crippen LogP) is 1.32. The summed E-state index contributed by atoms with van der Waals surface area (Å²) < 4.78 is 14.8. The van der Waals surface area contributed by atoms with E-state index in [0.717, 1.165) is 5.56 Å². The third-order valence-corrected chi connectivity index (χ3v) is 2.95. The summed E-state index contributed by atoms with van der Waals surface area (Å²) in [6.07, 6.45) is -0.0208. The molecule has 0 aliphatic carbocycles. The van der Waals surface area contributed by atoms with Gasteiger partial charge in [0.25, 0.3) is 0 Å². The summed E-state index contributed by atoms with van der Waals surface area (Å²) in [7, 11) is -3.58. The quantitative estimate of drug-likeness (QED) is 0.561. The molecule has 1 rings (SSSR count). The zero-order valence-electron chi connectivity index (χ0n) is 5.64. The van der Waals surface area contributed by atoms with Crippen LogP contribution in [-0.4, -0.2) is 4.89 Å². The van der Waals surface area contributed by atoms with Gasteiger partial charge < -0.3 is 4.89 Å². The maximum atomic E-state index is 10.9. The lowest BCUT2D eigenvalue weighted by molar-refractivity contribution is 0.267. The molecule has 1 atom stereocenters. The van der Waals surface area contributed by atoms with Crippen LogP contribution < -0.4 is 5.90 Å². The van der Waals surface area contributed by atoms with Gasteiger partial charge in [-0.3, -0.25) is 4.57 Å². The van der Waals surface area contributed by atoms with E-state index in [9.17, 15) is 4.57 Å². The summed E-state index contributed by atoms with van der Waals surface area (Å²) in [4.78, 5) is 8.91. The fourth-order valence-corrected chi connectivity index (χ4v) is 2.18. The molecule has 6 heteroatoms. The second-order valence-corrected chi connectivity index (χ2v) is 4.61. The van der Waals surface area contributed by atoms with Crippen molar-refractivity contribution in [2.24, 2.45) is 5.90 Å². The molecule has 11 heavy (non-hydrogen) atoms. The molecule has 4 nitrogen and oxygen atoms in total. The molecule has 1 heterocycles. The van der Waals surface area contributed by atoms with Gasteiger partial charge in [-0.2, -0.15) is 11.3 Å². The van der Waals surface area contributed by atoms with E-state index in [4.69, 9.17) is 4.89 Å². The third kappa shape index (κ3) is 2.73. The van der Waals surface area contributed by atoms with Crippen LogP contribution in [0.1, 0.15) is 5.56 Å². The van der Waals surface area contributed by atoms with Gasteiger partial charge in [0.05, 0.1) is 6.16 Å². The van der Waals surface area contributed by atoms with Crippen molar-refractivity contribution >= 4 is 18.9 Å². The van der Waals surface area contributed by atoms with Crippen LogP contribution in [0, 0.1) is 0 Å². The molecule has 0 fully saturated rings. The molecule has 62 valence electrons. The number of nitrogens with two attached hydrogens (primary N) is 1. The van der Waals surface area contributed by atoms with E-state index in [-0.39, 0.29) is 6.16 Å². The lowest BCUT2D eigenvalue weighted by Gasteiger charge is -2.04. The molecule has 0 amide bonds. The average Bonchev–Trinajstić information content (AvgIpc) is 2.39. The molecule has 0 saturated carbocycles. The minimum Gasteiger partial charge on any atom is -0.323 e. The zero-order valence-corrected chi connectivity index (χ0v) is 7.35. The zero-order chi connectivity index (χ0) is 8.32. The van der Waals surface area contributed by atoms with Gasteiger partial charge in [0.15, 0.2) is 0 Å². The normalized spacial score (nSPS) is 16.2. The Morgan fingerprint density at radius 2 is 2.55 bits per heavy atom. The second-order valence-electron chi connectivity index (χ2n) is 2.03. The van der Waals surface area contributed by atoms with E-state index < -0.39 is 7.60 Å². The largest absolute Gasteiger partial charge is 0.348 e. The van der Waals surface area contributed by atoms with E-state index in [1.165, 1.54) is 11.3 Å². The monoisotopic (exact) mass is 193 g/mol. The summed E-state index contributed by atoms with van der Waals surface area (Å²) in [5.74, 6) is 4.61. The van der Waals surface area contributed by atoms with Gasteiger partial charge in [0.1, 0.15) is 0 Å². The summed E-state index contributed by atoms with van der Waals surface area (Å²) >= 11 is 1.46. The van der Waals surface area contributed by atoms with Crippen LogP contribution in [0.25, 0.3) is 0 Å². The molecule has 1 unspecified atom stereocenters. The van der Waals surface area contributed by atoms with Gasteiger partial charge >= 0.3 is 7.60 Å². The maximum absolute atomic E-state index is 10.9. The molecule has 0 spiro atoms. The molecular weight excluding hydrogens is 185 g/mol. The fourth-order valence-electron chi connectivity index (χ4n) is 0.651. The lowest BCUT2D eigenvalue weighted by Crippen LogP contribution is -1.98. The summed E-state index contributed by atoms with van der Waals surface area (Å²) in [6.45, 7) is 0. The number of hydrogen-bond acceptors (Lipinski definition) is 4. The van der Waals surface area contributed by atoms with Crippen LogP contribution in [0.15, 0.2) is 16.8 Å². The highest BCUT2D eigenvalue weighted by Gasteiger charge is 2.18. The minimum absolute atomic E-state index is 0.0208. The third-order valence-electron chi connectivity index (χ3n) is 1.13. The van der Waals surface area contributed by atoms with Gasteiger partial charge in [0, 0.05) is 0 Å². The molecule has 0 bridgehead atoms. The Hall–Kier alpha value is -0.190. The summed E-state index contributed by atoms with van der Waals surface area (Å²) in [6, 6.07) is 1.76. The van der Waals surface area contributed by atoms with Gasteiger partial charge in [-0.1, -0.05) is 0 Å². The Bertz CT molecular complexity index is 261. The lowest BCUT2D eigenvalue weighted by atomic mass is 10.4. The highest BCUT2D eigenvalue weighted by Crippen LogP contribution is 2.43. The molecule has 0 saturated heterocycles. The van der Waals surface area contributed by atoms with Crippen LogP contribution in [0.3, 0.4) is 0 Å². The van der Waals surface area contributed by atoms with Crippen LogP contribution in [0.4, 0.5) is 0 Å². The van der Waals surface area contributed by atoms with Crippen LogP contribution in [-0.2, 0) is 15.4 Å². The van der Waals surface area contributed by atoms with Crippen molar-refractivity contribution in [1.82, 2.24) is 0 Å². The van der Waals surface area contributed by atoms with Gasteiger partial charge in [-0.05, 0) is 22.4 Å². The Labute approximate surface area is 68.1 Å². The number of hydrogen-bond donors (Lipinski definition) is 2. The molecule has 0 aromatic carbocycles. The average molecular weight is 193 g/mol. The Kier molecular flexibility index (Phi) is 2.81. The first-order chi connectivity index (χ1) is 5.14. The van der Waals surface area contributed by atoms with Crippen molar-refractivity contribution in [3.05, 3.63) is 22.4 Å². The number of thiophene rings is 1. The Morgan fingerprint density at radius 3 is 3.00 bits per heavy atom. The summed E-state index contributed by atoms with van der Waals surface area (Å²) in [5.41, 5.74) is 0.770. The first-order valence-electron chi connectivity index (χ1n) is 2.85. The second kappa shape index (κ2) is 3.47. The fraction of sp³-hybridized carbons (Fsp3) is 0.200. The molecular formula is C5H8NO3PS. The highest BCUT2D eigenvalue weighted by atomic mass is 32.1. The molecule has 0 aliphatic rings. The SMILES string of the molecule is NOP(=O)(O)Cc1ccsc1. The van der Waals surface area contributed by atoms with Gasteiger partial charge in [0.2, 0.25) is 0 Å². The maximum Gasteiger partial charge on any atom is 0.348 e. The van der Waals surface area contributed by atoms with Crippen molar-refractivity contribution in [2.75, 3.05) is 0 Å². The van der Waals surface area contributed by atoms with E-state index in [0.29, 0.717) is 0 Å². The van der Waals surface area contributed by atoms with Gasteiger partial charge in [-0.25, -0.2) is 10.5 Å². The minimum atomic E-state index is -3.58. The van der Waals surface area contributed by atoms with E-state index in [2.05, 4.69) is 10.5 Å². The van der Waals surface area contributed by atoms with Crippen molar-refractivity contribution in [2.45, 2.75) is 6.16 Å². The van der Waals surface area contributed by atoms with E-state index in [1.54, 1.807) is 11.4 Å². The number of rotatable bonds is 3. The highest BCUT2D eigenvalue weighted by molar-refractivity contribution is 7.51. The van der Waals surface area contributed by atoms with Crippen LogP contribution in [0.2, 0.25) is 0 Å². The molecule has 0 radical (unpaired) electrons. The van der Waals surface area contributed by atoms with Crippen molar-refractivity contribution in [1.29, 1.82) is 0 Å². The Balaban J connectivity index is 2.63. The molecule has 3 N–H and O–H groups in total. The van der Waals surface area contributed by atoms with Crippen LogP contribution >= 0.6 is 18.9 Å². The predicted molar refractivity (Wildman–Crippen MR) is 43.1 cm³/mol. The molecule has 1 aromatic rings. The first-order valence-corrected chi connectivity index (χ1v) is 5.56. The first kappa shape index (κ1) is 8.90. The van der Waals surface area contributed by atoms with Crippen LogP contribution in [0.5, 0.6) is 0 Å². The van der Waals surface area contributed by atoms with Crippen molar-refractivity contribution in [3.63, 3.8) is 0 Å². The molecule has 1 aromatic heterocycles. The van der Waals surface area contributed by atoms with Crippen molar-refractivity contribution < 1.29 is 14.1 Å². The standard InChI is InChI=1S/C5H8NO3PS/c6-9-10(7,8)3-5-1-2-11-4-5/h1-2,4H,3,6H2,(H,7,8). The van der Waals surface area contributed by atoms with Gasteiger partial charge in [-0.15, -0.1) is 0 Å². The molecule has 0 aliphatic heterocycles.